The highest BCUT2D eigenvalue weighted by atomic mass is 16.5. The highest BCUT2D eigenvalue weighted by molar-refractivity contribution is 5.79. The highest BCUT2D eigenvalue weighted by Gasteiger charge is 2.17. The van der Waals surface area contributed by atoms with Crippen LogP contribution in [0.2, 0.25) is 0 Å². The molecule has 0 unspecified atom stereocenters. The van der Waals surface area contributed by atoms with Crippen molar-refractivity contribution in [3.05, 3.63) is 127 Å². The van der Waals surface area contributed by atoms with E-state index >= 15 is 0 Å². The maximum absolute atomic E-state index is 6.85. The summed E-state index contributed by atoms with van der Waals surface area (Å²) in [7, 11) is 0. The van der Waals surface area contributed by atoms with Gasteiger partial charge in [-0.3, -0.25) is 0 Å². The van der Waals surface area contributed by atoms with Gasteiger partial charge in [-0.05, 0) is 132 Å². The van der Waals surface area contributed by atoms with Crippen LogP contribution in [0.1, 0.15) is 95.5 Å². The zero-order valence-corrected chi connectivity index (χ0v) is 41.8. The molecule has 10 heteroatoms. The lowest BCUT2D eigenvalue weighted by atomic mass is 10.0. The molecule has 10 nitrogen and oxygen atoms in total. The third-order valence-corrected chi connectivity index (χ3v) is 12.0. The van der Waals surface area contributed by atoms with Gasteiger partial charge in [-0.1, -0.05) is 91.0 Å². The SMILES string of the molecule is c1ccc2c(c1)CCOCCCCOCCCCOCCCCOCCCCOCCCCOCCCCOCCCCOc1ccccc1-c1ccccc1Oc1ccccc1-c1ccccc1O2. The second-order valence-corrected chi connectivity index (χ2v) is 17.6. The minimum atomic E-state index is 0.597. The van der Waals surface area contributed by atoms with E-state index in [1.807, 2.05) is 84.9 Å². The standard InChI is InChI=1S/C60H80O10/c1-6-30-56-51(25-1)35-50-67-48-22-21-46-65-44-18-17-42-63-40-14-13-38-61-36-11-12-37-62-39-15-16-41-64-43-19-20-45-66-47-23-24-49-68-57-31-7-2-26-52(57)53-27-3-9-33-59(53)70-60-34-10-5-29-55(60)54-28-4-8-32-58(54)69-56/h1-10,25-34H,11-24,35-50H2. The molecule has 0 bridgehead atoms. The maximum atomic E-state index is 6.85. The van der Waals surface area contributed by atoms with Gasteiger partial charge in [0.25, 0.3) is 0 Å². The number of rotatable bonds is 0. The van der Waals surface area contributed by atoms with Gasteiger partial charge in [-0.25, -0.2) is 0 Å². The normalized spacial score (nSPS) is 18.2. The molecule has 1 aliphatic heterocycles. The van der Waals surface area contributed by atoms with Crippen LogP contribution in [0.25, 0.3) is 22.3 Å². The van der Waals surface area contributed by atoms with Gasteiger partial charge in [0, 0.05) is 108 Å². The lowest BCUT2D eigenvalue weighted by Gasteiger charge is -2.18. The Morgan fingerprint density at radius 2 is 0.457 bits per heavy atom. The summed E-state index contributed by atoms with van der Waals surface area (Å²) in [6.45, 7) is 11.2. The van der Waals surface area contributed by atoms with Crippen LogP contribution >= 0.6 is 0 Å². The molecule has 0 amide bonds. The first kappa shape index (κ1) is 54.6. The molecule has 6 rings (SSSR count). The molecule has 0 aromatic heterocycles. The molecule has 5 aromatic rings. The monoisotopic (exact) mass is 961 g/mol. The van der Waals surface area contributed by atoms with Crippen LogP contribution < -0.4 is 14.2 Å². The Hall–Kier alpha value is -4.78. The van der Waals surface area contributed by atoms with Gasteiger partial charge in [-0.2, -0.15) is 0 Å². The highest BCUT2D eigenvalue weighted by Crippen LogP contribution is 2.43. The fourth-order valence-corrected chi connectivity index (χ4v) is 8.03. The van der Waals surface area contributed by atoms with Crippen molar-refractivity contribution in [2.45, 2.75) is 96.3 Å². The van der Waals surface area contributed by atoms with Crippen molar-refractivity contribution < 1.29 is 47.4 Å². The molecule has 0 saturated heterocycles. The van der Waals surface area contributed by atoms with E-state index < -0.39 is 0 Å². The minimum absolute atomic E-state index is 0.597. The van der Waals surface area contributed by atoms with Crippen molar-refractivity contribution in [3.8, 4) is 51.0 Å². The zero-order valence-electron chi connectivity index (χ0n) is 41.8. The Balaban J connectivity index is 1.01. The van der Waals surface area contributed by atoms with Crippen molar-refractivity contribution in [2.75, 3.05) is 99.1 Å². The van der Waals surface area contributed by atoms with E-state index in [4.69, 9.17) is 47.4 Å². The fourth-order valence-electron chi connectivity index (χ4n) is 8.03. The van der Waals surface area contributed by atoms with Crippen LogP contribution in [-0.2, 0) is 39.6 Å². The molecular formula is C60H80O10. The Morgan fingerprint density at radius 1 is 0.214 bits per heavy atom. The number of ether oxygens (including phenoxy) is 10. The lowest BCUT2D eigenvalue weighted by molar-refractivity contribution is 0.0787. The maximum Gasteiger partial charge on any atom is 0.135 e. The van der Waals surface area contributed by atoms with E-state index in [9.17, 15) is 0 Å². The number of hydrogen-bond donors (Lipinski definition) is 0. The van der Waals surface area contributed by atoms with Crippen molar-refractivity contribution in [1.82, 2.24) is 0 Å². The summed E-state index contributed by atoms with van der Waals surface area (Å²) >= 11 is 0. The van der Waals surface area contributed by atoms with Crippen molar-refractivity contribution >= 4 is 0 Å². The third kappa shape index (κ3) is 21.3. The van der Waals surface area contributed by atoms with Gasteiger partial charge in [-0.15, -0.1) is 0 Å². The van der Waals surface area contributed by atoms with Crippen LogP contribution in [0.15, 0.2) is 121 Å². The molecule has 1 aliphatic rings. The van der Waals surface area contributed by atoms with E-state index in [1.54, 1.807) is 0 Å². The molecule has 0 fully saturated rings. The first-order valence-corrected chi connectivity index (χ1v) is 26.3. The van der Waals surface area contributed by atoms with Gasteiger partial charge < -0.3 is 47.4 Å². The fraction of sp³-hybridized carbons (Fsp3) is 0.500. The Labute approximate surface area is 419 Å². The largest absolute Gasteiger partial charge is 0.493 e. The van der Waals surface area contributed by atoms with E-state index in [-0.39, 0.29) is 0 Å². The summed E-state index contributed by atoms with van der Waals surface area (Å²) in [6.07, 6.45) is 14.7. The summed E-state index contributed by atoms with van der Waals surface area (Å²) in [4.78, 5) is 0. The van der Waals surface area contributed by atoms with Crippen molar-refractivity contribution in [3.63, 3.8) is 0 Å². The molecule has 0 saturated carbocycles. The van der Waals surface area contributed by atoms with Crippen molar-refractivity contribution in [2.24, 2.45) is 0 Å². The molecule has 0 atom stereocenters. The Bertz CT molecular complexity index is 2110. The van der Waals surface area contributed by atoms with Crippen LogP contribution in [0.4, 0.5) is 0 Å². The minimum Gasteiger partial charge on any atom is -0.493 e. The van der Waals surface area contributed by atoms with Gasteiger partial charge in [0.1, 0.15) is 28.7 Å². The molecule has 0 N–H and O–H groups in total. The first-order valence-electron chi connectivity index (χ1n) is 26.3. The summed E-state index contributed by atoms with van der Waals surface area (Å²) in [6, 6.07) is 40.8. The van der Waals surface area contributed by atoms with Gasteiger partial charge in [0.05, 0.1) is 13.2 Å². The first-order chi connectivity index (χ1) is 34.9. The Kier molecular flexibility index (Phi) is 27.5. The molecule has 1 heterocycles. The summed E-state index contributed by atoms with van der Waals surface area (Å²) < 4.78 is 61.2. The van der Waals surface area contributed by atoms with E-state index in [0.29, 0.717) is 19.8 Å². The molecule has 0 spiro atoms. The van der Waals surface area contributed by atoms with E-state index in [2.05, 4.69) is 36.4 Å². The average molecular weight is 961 g/mol. The van der Waals surface area contributed by atoms with E-state index in [0.717, 1.165) is 232 Å². The summed E-state index contributed by atoms with van der Waals surface area (Å²) in [5.41, 5.74) is 4.89. The number of fused-ring (bicyclic) bond motifs is 7. The molecule has 0 radical (unpaired) electrons. The topological polar surface area (TPSA) is 92.3 Å². The summed E-state index contributed by atoms with van der Waals surface area (Å²) in [5.74, 6) is 3.84. The van der Waals surface area contributed by atoms with Crippen LogP contribution in [-0.4, -0.2) is 99.1 Å². The van der Waals surface area contributed by atoms with Gasteiger partial charge in [0.15, 0.2) is 0 Å². The molecule has 5 aromatic carbocycles. The molecule has 70 heavy (non-hydrogen) atoms. The molecule has 380 valence electrons. The number of hydrogen-bond acceptors (Lipinski definition) is 10. The van der Waals surface area contributed by atoms with Crippen molar-refractivity contribution in [1.29, 1.82) is 0 Å². The van der Waals surface area contributed by atoms with Gasteiger partial charge in [0.2, 0.25) is 0 Å². The average Bonchev–Trinajstić information content (AvgIpc) is 3.39. The van der Waals surface area contributed by atoms with Crippen LogP contribution in [0.3, 0.4) is 0 Å². The van der Waals surface area contributed by atoms with Crippen LogP contribution in [0, 0.1) is 0 Å². The third-order valence-electron chi connectivity index (χ3n) is 12.0. The van der Waals surface area contributed by atoms with Crippen LogP contribution in [0.5, 0.6) is 28.7 Å². The molecule has 0 aliphatic carbocycles. The predicted octanol–water partition coefficient (Wildman–Crippen LogP) is 14.1. The zero-order chi connectivity index (χ0) is 48.2. The quantitative estimate of drug-likeness (QED) is 0.149. The number of benzene rings is 5. The second kappa shape index (κ2) is 35.3. The summed E-state index contributed by atoms with van der Waals surface area (Å²) in [5, 5.41) is 0. The predicted molar refractivity (Wildman–Crippen MR) is 280 cm³/mol. The molecular weight excluding hydrogens is 881 g/mol. The Morgan fingerprint density at radius 3 is 0.814 bits per heavy atom. The van der Waals surface area contributed by atoms with E-state index in [1.165, 1.54) is 0 Å². The second-order valence-electron chi connectivity index (χ2n) is 17.6. The lowest BCUT2D eigenvalue weighted by Crippen LogP contribution is -2.05. The van der Waals surface area contributed by atoms with Gasteiger partial charge >= 0.3 is 0 Å². The number of para-hydroxylation sites is 5. The smallest absolute Gasteiger partial charge is 0.135 e.